The number of rotatable bonds is 7. The van der Waals surface area contributed by atoms with Gasteiger partial charge >= 0.3 is 5.97 Å². The van der Waals surface area contributed by atoms with Gasteiger partial charge in [0.25, 0.3) is 0 Å². The largest absolute Gasteiger partial charge is 0.464 e. The van der Waals surface area contributed by atoms with E-state index in [1.807, 2.05) is 6.92 Å². The quantitative estimate of drug-likeness (QED) is 0.768. The molecule has 0 heterocycles. The van der Waals surface area contributed by atoms with Crippen LogP contribution in [0.15, 0.2) is 24.3 Å². The first-order chi connectivity index (χ1) is 9.37. The molecule has 112 valence electrons. The second kappa shape index (κ2) is 7.27. The minimum absolute atomic E-state index is 0.273. The van der Waals surface area contributed by atoms with Crippen LogP contribution in [0.5, 0.6) is 0 Å². The highest BCUT2D eigenvalue weighted by Gasteiger charge is 2.34. The first kappa shape index (κ1) is 16.5. The molecule has 1 rings (SSSR count). The normalized spacial score (nSPS) is 13.9. The average molecular weight is 281 g/mol. The van der Waals surface area contributed by atoms with Crippen LogP contribution >= 0.6 is 0 Å². The summed E-state index contributed by atoms with van der Waals surface area (Å²) in [6.07, 6.45) is 1.57. The van der Waals surface area contributed by atoms with E-state index in [4.69, 9.17) is 4.74 Å². The molecule has 0 saturated carbocycles. The summed E-state index contributed by atoms with van der Waals surface area (Å²) < 4.78 is 18.1. The van der Waals surface area contributed by atoms with Crippen LogP contribution in [-0.2, 0) is 9.53 Å². The Balaban J connectivity index is 2.85. The van der Waals surface area contributed by atoms with Crippen molar-refractivity contribution < 1.29 is 13.9 Å². The fraction of sp³-hybridized carbons (Fsp3) is 0.562. The van der Waals surface area contributed by atoms with Gasteiger partial charge in [-0.15, -0.1) is 0 Å². The molecule has 4 heteroatoms. The molecule has 0 aliphatic carbocycles. The maximum absolute atomic E-state index is 12.9. The topological polar surface area (TPSA) is 38.3 Å². The molecule has 1 N–H and O–H groups in total. The molecule has 1 aromatic rings. The highest BCUT2D eigenvalue weighted by molar-refractivity contribution is 5.84. The molecule has 0 saturated heterocycles. The lowest BCUT2D eigenvalue weighted by molar-refractivity contribution is -0.148. The van der Waals surface area contributed by atoms with Crippen LogP contribution in [0.2, 0.25) is 0 Å². The molecule has 1 atom stereocenters. The van der Waals surface area contributed by atoms with Gasteiger partial charge in [0.2, 0.25) is 0 Å². The van der Waals surface area contributed by atoms with Gasteiger partial charge in [-0.25, -0.2) is 9.18 Å². The van der Waals surface area contributed by atoms with Crippen molar-refractivity contribution in [1.29, 1.82) is 0 Å². The van der Waals surface area contributed by atoms with E-state index >= 15 is 0 Å². The summed E-state index contributed by atoms with van der Waals surface area (Å²) in [4.78, 5) is 12.2. The first-order valence-electron chi connectivity index (χ1n) is 7.08. The van der Waals surface area contributed by atoms with Crippen LogP contribution in [0.25, 0.3) is 0 Å². The SMILES string of the molecule is CCOC(=O)C(C)(CCC(C)C)Nc1ccc(F)cc1. The van der Waals surface area contributed by atoms with Crippen molar-refractivity contribution in [1.82, 2.24) is 0 Å². The molecule has 1 unspecified atom stereocenters. The first-order valence-corrected chi connectivity index (χ1v) is 7.08. The maximum atomic E-state index is 12.9. The lowest BCUT2D eigenvalue weighted by Gasteiger charge is -2.30. The highest BCUT2D eigenvalue weighted by atomic mass is 19.1. The van der Waals surface area contributed by atoms with E-state index in [1.54, 1.807) is 19.1 Å². The van der Waals surface area contributed by atoms with Crippen molar-refractivity contribution in [2.24, 2.45) is 5.92 Å². The Hall–Kier alpha value is -1.58. The van der Waals surface area contributed by atoms with Crippen molar-refractivity contribution in [3.8, 4) is 0 Å². The summed E-state index contributed by atoms with van der Waals surface area (Å²) in [5.74, 6) is -0.0701. The molecule has 3 nitrogen and oxygen atoms in total. The number of benzene rings is 1. The number of carbonyl (C=O) groups is 1. The van der Waals surface area contributed by atoms with E-state index in [0.29, 0.717) is 24.6 Å². The standard InChI is InChI=1S/C16H24FNO2/c1-5-20-15(19)16(4,11-10-12(2)3)18-14-8-6-13(17)7-9-14/h6-9,12,18H,5,10-11H2,1-4H3. The Morgan fingerprint density at radius 3 is 2.45 bits per heavy atom. The average Bonchev–Trinajstić information content (AvgIpc) is 2.39. The van der Waals surface area contributed by atoms with Crippen LogP contribution in [0.1, 0.15) is 40.5 Å². The number of anilines is 1. The Kier molecular flexibility index (Phi) is 5.99. The monoisotopic (exact) mass is 281 g/mol. The van der Waals surface area contributed by atoms with Gasteiger partial charge in [-0.2, -0.15) is 0 Å². The molecule has 0 aliphatic heterocycles. The van der Waals surface area contributed by atoms with E-state index in [-0.39, 0.29) is 11.8 Å². The fourth-order valence-corrected chi connectivity index (χ4v) is 1.94. The number of carbonyl (C=O) groups excluding carboxylic acids is 1. The highest BCUT2D eigenvalue weighted by Crippen LogP contribution is 2.24. The zero-order valence-electron chi connectivity index (χ0n) is 12.7. The van der Waals surface area contributed by atoms with Gasteiger partial charge in [-0.1, -0.05) is 13.8 Å². The van der Waals surface area contributed by atoms with Crippen LogP contribution in [0, 0.1) is 11.7 Å². The second-order valence-corrected chi connectivity index (χ2v) is 5.62. The summed E-state index contributed by atoms with van der Waals surface area (Å²) in [5, 5.41) is 3.18. The van der Waals surface area contributed by atoms with Crippen LogP contribution in [-0.4, -0.2) is 18.1 Å². The van der Waals surface area contributed by atoms with Gasteiger partial charge in [0, 0.05) is 5.69 Å². The smallest absolute Gasteiger partial charge is 0.331 e. The van der Waals surface area contributed by atoms with Crippen molar-refractivity contribution in [2.75, 3.05) is 11.9 Å². The summed E-state index contributed by atoms with van der Waals surface area (Å²) in [7, 11) is 0. The van der Waals surface area contributed by atoms with Crippen LogP contribution in [0.4, 0.5) is 10.1 Å². The van der Waals surface area contributed by atoms with Crippen molar-refractivity contribution in [2.45, 2.75) is 46.1 Å². The third-order valence-electron chi connectivity index (χ3n) is 3.21. The Morgan fingerprint density at radius 2 is 1.95 bits per heavy atom. The third-order valence-corrected chi connectivity index (χ3v) is 3.21. The molecule has 20 heavy (non-hydrogen) atoms. The number of hydrogen-bond acceptors (Lipinski definition) is 3. The third kappa shape index (κ3) is 4.83. The molecule has 0 aliphatic rings. The molecule has 1 aromatic carbocycles. The zero-order valence-corrected chi connectivity index (χ0v) is 12.7. The predicted molar refractivity (Wildman–Crippen MR) is 79.1 cm³/mol. The van der Waals surface area contributed by atoms with E-state index in [1.165, 1.54) is 12.1 Å². The number of nitrogens with one attached hydrogen (secondary N) is 1. The summed E-state index contributed by atoms with van der Waals surface area (Å²) in [6.45, 7) is 8.20. The maximum Gasteiger partial charge on any atom is 0.331 e. The summed E-state index contributed by atoms with van der Waals surface area (Å²) in [5.41, 5.74) is -0.0799. The lowest BCUT2D eigenvalue weighted by atomic mass is 9.91. The van der Waals surface area contributed by atoms with Crippen LogP contribution in [0.3, 0.4) is 0 Å². The van der Waals surface area contributed by atoms with Gasteiger partial charge < -0.3 is 10.1 Å². The summed E-state index contributed by atoms with van der Waals surface area (Å²) in [6, 6.07) is 6.00. The fourth-order valence-electron chi connectivity index (χ4n) is 1.94. The van der Waals surface area contributed by atoms with E-state index in [2.05, 4.69) is 19.2 Å². The number of halogens is 1. The molecule has 0 amide bonds. The minimum Gasteiger partial charge on any atom is -0.464 e. The van der Waals surface area contributed by atoms with E-state index in [0.717, 1.165) is 6.42 Å². The lowest BCUT2D eigenvalue weighted by Crippen LogP contribution is -2.45. The van der Waals surface area contributed by atoms with Gasteiger partial charge in [-0.3, -0.25) is 0 Å². The molecular formula is C16H24FNO2. The van der Waals surface area contributed by atoms with Gasteiger partial charge in [-0.05, 0) is 56.9 Å². The van der Waals surface area contributed by atoms with E-state index < -0.39 is 5.54 Å². The molecule has 0 bridgehead atoms. The van der Waals surface area contributed by atoms with Crippen molar-refractivity contribution in [3.63, 3.8) is 0 Å². The van der Waals surface area contributed by atoms with Gasteiger partial charge in [0.1, 0.15) is 11.4 Å². The number of ether oxygens (including phenoxy) is 1. The van der Waals surface area contributed by atoms with Crippen molar-refractivity contribution in [3.05, 3.63) is 30.1 Å². The van der Waals surface area contributed by atoms with Crippen LogP contribution < -0.4 is 5.32 Å². The Labute approximate surface area is 120 Å². The molecule has 0 radical (unpaired) electrons. The van der Waals surface area contributed by atoms with Gasteiger partial charge in [0.15, 0.2) is 0 Å². The number of esters is 1. The molecule has 0 aromatic heterocycles. The molecular weight excluding hydrogens is 257 g/mol. The number of hydrogen-bond donors (Lipinski definition) is 1. The predicted octanol–water partition coefficient (Wildman–Crippen LogP) is 4.00. The zero-order chi connectivity index (χ0) is 15.2. The Bertz CT molecular complexity index is 431. The molecule has 0 spiro atoms. The summed E-state index contributed by atoms with van der Waals surface area (Å²) >= 11 is 0. The van der Waals surface area contributed by atoms with E-state index in [9.17, 15) is 9.18 Å². The Morgan fingerprint density at radius 1 is 1.35 bits per heavy atom. The van der Waals surface area contributed by atoms with Gasteiger partial charge in [0.05, 0.1) is 6.61 Å². The minimum atomic E-state index is -0.794. The molecule has 0 fully saturated rings. The van der Waals surface area contributed by atoms with Crippen molar-refractivity contribution >= 4 is 11.7 Å². The second-order valence-electron chi connectivity index (χ2n) is 5.62.